The second-order valence-electron chi connectivity index (χ2n) is 8.11. The molecule has 0 radical (unpaired) electrons. The minimum absolute atomic E-state index is 0.0428. The highest BCUT2D eigenvalue weighted by atomic mass is 35.5. The molecular formula is C25H27Cl2N3O4S. The summed E-state index contributed by atoms with van der Waals surface area (Å²) in [6, 6.07) is 16.7. The van der Waals surface area contributed by atoms with Crippen molar-refractivity contribution in [2.45, 2.75) is 26.4 Å². The molecule has 1 atom stereocenters. The lowest BCUT2D eigenvalue weighted by molar-refractivity contribution is -0.139. The number of nitrogens with one attached hydrogen (secondary N) is 1. The number of fused-ring (bicyclic) bond motifs is 1. The first-order valence-electron chi connectivity index (χ1n) is 11.0. The quantitative estimate of drug-likeness (QED) is 0.438. The summed E-state index contributed by atoms with van der Waals surface area (Å²) in [6.07, 6.45) is 1.05. The van der Waals surface area contributed by atoms with E-state index >= 15 is 0 Å². The van der Waals surface area contributed by atoms with Gasteiger partial charge < -0.3 is 10.2 Å². The standard InChI is InChI=1S/C25H27Cl2N3O4S/c1-4-28-25(32)17(2)29(15-18-12-13-21(26)22(27)14-18)24(31)16-30(35(3,33)34)23-11-7-9-19-8-5-6-10-20(19)23/h5-14,17H,4,15-16H2,1-3H3,(H,28,32)/t17-/m1/s1. The molecule has 2 amide bonds. The molecule has 0 aliphatic heterocycles. The van der Waals surface area contributed by atoms with Gasteiger partial charge in [0.15, 0.2) is 0 Å². The molecule has 186 valence electrons. The lowest BCUT2D eigenvalue weighted by atomic mass is 10.1. The molecule has 0 bridgehead atoms. The number of sulfonamides is 1. The van der Waals surface area contributed by atoms with Crippen LogP contribution in [0.2, 0.25) is 10.0 Å². The van der Waals surface area contributed by atoms with Gasteiger partial charge in [0.1, 0.15) is 12.6 Å². The zero-order valence-corrected chi connectivity index (χ0v) is 22.0. The minimum atomic E-state index is -3.83. The van der Waals surface area contributed by atoms with Gasteiger partial charge in [0.05, 0.1) is 22.0 Å². The number of nitrogens with zero attached hydrogens (tertiary/aromatic N) is 2. The van der Waals surface area contributed by atoms with Gasteiger partial charge in [-0.1, -0.05) is 65.7 Å². The van der Waals surface area contributed by atoms with E-state index in [1.807, 2.05) is 24.3 Å². The van der Waals surface area contributed by atoms with Gasteiger partial charge in [-0.15, -0.1) is 0 Å². The summed E-state index contributed by atoms with van der Waals surface area (Å²) < 4.78 is 26.7. The van der Waals surface area contributed by atoms with E-state index < -0.39 is 28.5 Å². The van der Waals surface area contributed by atoms with E-state index in [9.17, 15) is 18.0 Å². The van der Waals surface area contributed by atoms with Crippen LogP contribution < -0.4 is 9.62 Å². The minimum Gasteiger partial charge on any atom is -0.355 e. The predicted molar refractivity (Wildman–Crippen MR) is 141 cm³/mol. The van der Waals surface area contributed by atoms with Crippen LogP contribution in [0.4, 0.5) is 5.69 Å². The normalized spacial score (nSPS) is 12.3. The van der Waals surface area contributed by atoms with Gasteiger partial charge in [-0.2, -0.15) is 0 Å². The van der Waals surface area contributed by atoms with Crippen LogP contribution in [0.1, 0.15) is 19.4 Å². The van der Waals surface area contributed by atoms with E-state index in [0.29, 0.717) is 33.2 Å². The smallest absolute Gasteiger partial charge is 0.244 e. The lowest BCUT2D eigenvalue weighted by Crippen LogP contribution is -2.51. The number of hydrogen-bond acceptors (Lipinski definition) is 4. The van der Waals surface area contributed by atoms with Crippen LogP contribution in [-0.2, 0) is 26.2 Å². The molecule has 0 aliphatic carbocycles. The van der Waals surface area contributed by atoms with E-state index in [0.717, 1.165) is 15.9 Å². The first kappa shape index (κ1) is 26.8. The van der Waals surface area contributed by atoms with Crippen LogP contribution in [0.5, 0.6) is 0 Å². The number of rotatable bonds is 9. The Labute approximate surface area is 215 Å². The van der Waals surface area contributed by atoms with Crippen molar-refractivity contribution in [3.63, 3.8) is 0 Å². The van der Waals surface area contributed by atoms with Crippen LogP contribution in [-0.4, -0.2) is 50.5 Å². The van der Waals surface area contributed by atoms with Crippen LogP contribution in [0.3, 0.4) is 0 Å². The molecule has 35 heavy (non-hydrogen) atoms. The van der Waals surface area contributed by atoms with E-state index in [1.54, 1.807) is 50.2 Å². The summed E-state index contributed by atoms with van der Waals surface area (Å²) in [5.74, 6) is -0.884. The molecule has 7 nitrogen and oxygen atoms in total. The SMILES string of the molecule is CCNC(=O)[C@@H](C)N(Cc1ccc(Cl)c(Cl)c1)C(=O)CN(c1cccc2ccccc12)S(C)(=O)=O. The number of halogens is 2. The molecule has 1 N–H and O–H groups in total. The first-order chi connectivity index (χ1) is 16.5. The van der Waals surface area contributed by atoms with Crippen molar-refractivity contribution in [2.75, 3.05) is 23.7 Å². The Hall–Kier alpha value is -2.81. The molecule has 0 unspecified atom stereocenters. The maximum Gasteiger partial charge on any atom is 0.244 e. The van der Waals surface area contributed by atoms with Gasteiger partial charge in [0.25, 0.3) is 0 Å². The largest absolute Gasteiger partial charge is 0.355 e. The Morgan fingerprint density at radius 1 is 1.00 bits per heavy atom. The van der Waals surface area contributed by atoms with Gasteiger partial charge in [0.2, 0.25) is 21.8 Å². The fraction of sp³-hybridized carbons (Fsp3) is 0.280. The Morgan fingerprint density at radius 3 is 2.34 bits per heavy atom. The number of anilines is 1. The highest BCUT2D eigenvalue weighted by Gasteiger charge is 2.30. The monoisotopic (exact) mass is 535 g/mol. The van der Waals surface area contributed by atoms with Crippen molar-refractivity contribution in [1.82, 2.24) is 10.2 Å². The predicted octanol–water partition coefficient (Wildman–Crippen LogP) is 4.47. The molecule has 0 aromatic heterocycles. The van der Waals surface area contributed by atoms with E-state index in [-0.39, 0.29) is 12.5 Å². The lowest BCUT2D eigenvalue weighted by Gasteiger charge is -2.31. The summed E-state index contributed by atoms with van der Waals surface area (Å²) in [7, 11) is -3.83. The van der Waals surface area contributed by atoms with Crippen LogP contribution in [0.25, 0.3) is 10.8 Å². The van der Waals surface area contributed by atoms with Crippen LogP contribution >= 0.6 is 23.2 Å². The molecule has 0 spiro atoms. The van der Waals surface area contributed by atoms with E-state index in [4.69, 9.17) is 23.2 Å². The summed E-state index contributed by atoms with van der Waals surface area (Å²) in [5, 5.41) is 4.93. The second kappa shape index (κ2) is 11.3. The molecule has 10 heteroatoms. The third kappa shape index (κ3) is 6.45. The number of carbonyl (C=O) groups is 2. The maximum atomic E-state index is 13.6. The number of likely N-dealkylation sites (N-methyl/N-ethyl adjacent to an activating group) is 1. The zero-order valence-electron chi connectivity index (χ0n) is 19.7. The number of benzene rings is 3. The molecule has 0 saturated carbocycles. The third-order valence-corrected chi connectivity index (χ3v) is 7.44. The van der Waals surface area contributed by atoms with Crippen molar-refractivity contribution in [3.05, 3.63) is 76.3 Å². The number of hydrogen-bond donors (Lipinski definition) is 1. The Morgan fingerprint density at radius 2 is 1.69 bits per heavy atom. The molecule has 3 rings (SSSR count). The van der Waals surface area contributed by atoms with Gasteiger partial charge in [-0.05, 0) is 43.0 Å². The zero-order chi connectivity index (χ0) is 25.8. The van der Waals surface area contributed by atoms with Gasteiger partial charge in [-0.3, -0.25) is 13.9 Å². The molecule has 0 fully saturated rings. The van der Waals surface area contributed by atoms with Gasteiger partial charge in [0, 0.05) is 18.5 Å². The van der Waals surface area contributed by atoms with Crippen molar-refractivity contribution in [2.24, 2.45) is 0 Å². The summed E-state index contributed by atoms with van der Waals surface area (Å²) in [6.45, 7) is 3.34. The van der Waals surface area contributed by atoms with Gasteiger partial charge in [-0.25, -0.2) is 8.42 Å². The van der Waals surface area contributed by atoms with E-state index in [2.05, 4.69) is 5.32 Å². The molecule has 3 aromatic carbocycles. The summed E-state index contributed by atoms with van der Waals surface area (Å²) >= 11 is 12.2. The molecule has 0 aliphatic rings. The highest BCUT2D eigenvalue weighted by molar-refractivity contribution is 7.92. The molecule has 3 aromatic rings. The Bertz CT molecular complexity index is 1340. The van der Waals surface area contributed by atoms with Crippen LogP contribution in [0, 0.1) is 0 Å². The highest BCUT2D eigenvalue weighted by Crippen LogP contribution is 2.29. The molecule has 0 saturated heterocycles. The molecular weight excluding hydrogens is 509 g/mol. The average Bonchev–Trinajstić information content (AvgIpc) is 2.81. The van der Waals surface area contributed by atoms with Crippen molar-refractivity contribution in [3.8, 4) is 0 Å². The average molecular weight is 536 g/mol. The number of carbonyl (C=O) groups excluding carboxylic acids is 2. The third-order valence-electron chi connectivity index (χ3n) is 5.57. The molecule has 0 heterocycles. The topological polar surface area (TPSA) is 86.8 Å². The fourth-order valence-electron chi connectivity index (χ4n) is 3.76. The Kier molecular flexibility index (Phi) is 8.64. The van der Waals surface area contributed by atoms with Crippen molar-refractivity contribution in [1.29, 1.82) is 0 Å². The summed E-state index contributed by atoms with van der Waals surface area (Å²) in [5.41, 5.74) is 1.04. The van der Waals surface area contributed by atoms with Gasteiger partial charge >= 0.3 is 0 Å². The maximum absolute atomic E-state index is 13.6. The summed E-state index contributed by atoms with van der Waals surface area (Å²) in [4.78, 5) is 27.6. The first-order valence-corrected chi connectivity index (χ1v) is 13.6. The number of amides is 2. The van der Waals surface area contributed by atoms with Crippen LogP contribution in [0.15, 0.2) is 60.7 Å². The fourth-order valence-corrected chi connectivity index (χ4v) is 4.94. The van der Waals surface area contributed by atoms with E-state index in [1.165, 1.54) is 4.90 Å². The second-order valence-corrected chi connectivity index (χ2v) is 10.8. The Balaban J connectivity index is 2.00. The van der Waals surface area contributed by atoms with Crippen molar-refractivity contribution >= 4 is 61.5 Å². The van der Waals surface area contributed by atoms with Crippen molar-refractivity contribution < 1.29 is 18.0 Å².